The molecule has 0 amide bonds. The number of pyridine rings is 1. The summed E-state index contributed by atoms with van der Waals surface area (Å²) in [6.07, 6.45) is 5.84. The number of nitrogens with zero attached hydrogens (tertiary/aromatic N) is 6. The summed E-state index contributed by atoms with van der Waals surface area (Å²) in [4.78, 5) is 31.3. The Morgan fingerprint density at radius 1 is 1.12 bits per heavy atom. The average Bonchev–Trinajstić information content (AvgIpc) is 3.26. The molecule has 0 saturated carbocycles. The van der Waals surface area contributed by atoms with Gasteiger partial charge >= 0.3 is 0 Å². The Morgan fingerprint density at radius 2 is 1.88 bits per heavy atom. The van der Waals surface area contributed by atoms with Crippen molar-refractivity contribution < 1.29 is 9.47 Å². The Hall–Kier alpha value is -3.49. The van der Waals surface area contributed by atoms with Crippen LogP contribution in [-0.2, 0) is 22.9 Å². The number of hydrogen-bond donors (Lipinski definition) is 0. The number of ether oxygens (including phenoxy) is 2. The zero-order valence-corrected chi connectivity index (χ0v) is 19.2. The lowest BCUT2D eigenvalue weighted by molar-refractivity contribution is 0.332. The number of hydrogen-bond acceptors (Lipinski definition) is 7. The van der Waals surface area contributed by atoms with E-state index in [1.54, 1.807) is 38.2 Å². The first-order valence-electron chi connectivity index (χ1n) is 10.6. The standard InChI is InChI=1S/C23H28N6O3/c1-13(2)18-22(32-6)26-17(21(27-18)31-5)11-15-7-8-16(20-24-9-10-29(15)20)19-23(30)28(4)12-14(3)25-19/h7-10,12-13,17-18H,11H2,1-6H3/t17-,18+/m0/s1. The lowest BCUT2D eigenvalue weighted by Crippen LogP contribution is -2.38. The predicted octanol–water partition coefficient (Wildman–Crippen LogP) is 2.44. The molecule has 9 heteroatoms. The van der Waals surface area contributed by atoms with Gasteiger partial charge in [0.15, 0.2) is 0 Å². The summed E-state index contributed by atoms with van der Waals surface area (Å²) in [5.41, 5.74) is 3.30. The van der Waals surface area contributed by atoms with Crippen LogP contribution >= 0.6 is 0 Å². The summed E-state index contributed by atoms with van der Waals surface area (Å²) in [6, 6.07) is 3.39. The van der Waals surface area contributed by atoms with Crippen LogP contribution in [0.15, 0.2) is 45.5 Å². The van der Waals surface area contributed by atoms with E-state index in [0.29, 0.717) is 35.1 Å². The Bertz CT molecular complexity index is 1270. The molecule has 1 aliphatic rings. The van der Waals surface area contributed by atoms with Gasteiger partial charge in [0.25, 0.3) is 5.56 Å². The van der Waals surface area contributed by atoms with E-state index in [0.717, 1.165) is 11.4 Å². The van der Waals surface area contributed by atoms with E-state index < -0.39 is 0 Å². The maximum atomic E-state index is 12.7. The summed E-state index contributed by atoms with van der Waals surface area (Å²) < 4.78 is 14.6. The molecule has 0 bridgehead atoms. The Kier molecular flexibility index (Phi) is 5.82. The third-order valence-electron chi connectivity index (χ3n) is 5.62. The van der Waals surface area contributed by atoms with Crippen LogP contribution in [0.4, 0.5) is 0 Å². The second-order valence-electron chi connectivity index (χ2n) is 8.26. The number of rotatable bonds is 4. The molecule has 32 heavy (non-hydrogen) atoms. The highest BCUT2D eigenvalue weighted by Crippen LogP contribution is 2.24. The van der Waals surface area contributed by atoms with Crippen molar-refractivity contribution in [1.29, 1.82) is 0 Å². The third kappa shape index (κ3) is 3.79. The van der Waals surface area contributed by atoms with Gasteiger partial charge in [-0.2, -0.15) is 0 Å². The van der Waals surface area contributed by atoms with Crippen molar-refractivity contribution >= 4 is 17.4 Å². The highest BCUT2D eigenvalue weighted by atomic mass is 16.5. The van der Waals surface area contributed by atoms with Crippen LogP contribution < -0.4 is 5.56 Å². The van der Waals surface area contributed by atoms with Gasteiger partial charge in [0.2, 0.25) is 11.8 Å². The lowest BCUT2D eigenvalue weighted by atomic mass is 10.0. The van der Waals surface area contributed by atoms with Gasteiger partial charge in [-0.05, 0) is 25.0 Å². The molecule has 168 valence electrons. The van der Waals surface area contributed by atoms with Crippen LogP contribution in [0.2, 0.25) is 0 Å². The van der Waals surface area contributed by atoms with E-state index in [1.807, 2.05) is 29.7 Å². The van der Waals surface area contributed by atoms with Crippen LogP contribution in [0.3, 0.4) is 0 Å². The molecule has 0 aromatic carbocycles. The van der Waals surface area contributed by atoms with E-state index in [4.69, 9.17) is 19.5 Å². The number of aryl methyl sites for hydroxylation is 2. The van der Waals surface area contributed by atoms with Crippen molar-refractivity contribution in [3.8, 4) is 11.3 Å². The van der Waals surface area contributed by atoms with E-state index in [-0.39, 0.29) is 23.6 Å². The summed E-state index contributed by atoms with van der Waals surface area (Å²) in [6.45, 7) is 6.02. The zero-order valence-electron chi connectivity index (χ0n) is 19.2. The van der Waals surface area contributed by atoms with Gasteiger partial charge in [0, 0.05) is 43.3 Å². The molecule has 9 nitrogen and oxygen atoms in total. The number of aromatic nitrogens is 4. The average molecular weight is 437 g/mol. The molecule has 0 radical (unpaired) electrons. The van der Waals surface area contributed by atoms with Gasteiger partial charge < -0.3 is 18.4 Å². The maximum Gasteiger partial charge on any atom is 0.276 e. The minimum Gasteiger partial charge on any atom is -0.483 e. The highest BCUT2D eigenvalue weighted by molar-refractivity contribution is 5.94. The molecule has 0 saturated heterocycles. The van der Waals surface area contributed by atoms with Gasteiger partial charge in [0.1, 0.15) is 23.4 Å². The number of methoxy groups -OCH3 is 2. The first kappa shape index (κ1) is 21.7. The highest BCUT2D eigenvalue weighted by Gasteiger charge is 2.31. The molecule has 2 atom stereocenters. The maximum absolute atomic E-state index is 12.7. The van der Waals surface area contributed by atoms with Gasteiger partial charge in [-0.3, -0.25) is 4.79 Å². The monoisotopic (exact) mass is 436 g/mol. The second kappa shape index (κ2) is 8.57. The van der Waals surface area contributed by atoms with Gasteiger partial charge in [-0.1, -0.05) is 13.8 Å². The van der Waals surface area contributed by atoms with Crippen molar-refractivity contribution in [2.45, 2.75) is 39.3 Å². The Labute approximate surface area is 186 Å². The molecule has 4 heterocycles. The Balaban J connectivity index is 1.76. The van der Waals surface area contributed by atoms with Gasteiger partial charge in [-0.25, -0.2) is 20.0 Å². The topological polar surface area (TPSA) is 95.4 Å². The smallest absolute Gasteiger partial charge is 0.276 e. The lowest BCUT2D eigenvalue weighted by Gasteiger charge is -2.27. The fourth-order valence-corrected chi connectivity index (χ4v) is 4.05. The van der Waals surface area contributed by atoms with Crippen LogP contribution in [0.1, 0.15) is 25.2 Å². The molecule has 4 rings (SSSR count). The van der Waals surface area contributed by atoms with E-state index in [2.05, 4.69) is 23.8 Å². The number of imidazole rings is 1. The predicted molar refractivity (Wildman–Crippen MR) is 123 cm³/mol. The molecule has 3 aromatic heterocycles. The second-order valence-corrected chi connectivity index (χ2v) is 8.26. The zero-order chi connectivity index (χ0) is 23.0. The molecule has 0 aliphatic carbocycles. The van der Waals surface area contributed by atoms with Crippen LogP contribution in [-0.4, -0.2) is 57.0 Å². The first-order chi connectivity index (χ1) is 15.3. The van der Waals surface area contributed by atoms with Crippen molar-refractivity contribution in [3.05, 3.63) is 52.5 Å². The molecule has 0 N–H and O–H groups in total. The fraction of sp³-hybridized carbons (Fsp3) is 0.435. The normalized spacial score (nSPS) is 18.6. The van der Waals surface area contributed by atoms with Crippen molar-refractivity contribution in [2.75, 3.05) is 14.2 Å². The largest absolute Gasteiger partial charge is 0.483 e. The van der Waals surface area contributed by atoms with Crippen molar-refractivity contribution in [3.63, 3.8) is 0 Å². The first-order valence-corrected chi connectivity index (χ1v) is 10.6. The van der Waals surface area contributed by atoms with Crippen molar-refractivity contribution in [2.24, 2.45) is 23.0 Å². The van der Waals surface area contributed by atoms with E-state index >= 15 is 0 Å². The number of fused-ring (bicyclic) bond motifs is 1. The SMILES string of the molecule is COC1=N[C@H](C(C)C)C(OC)=N[C@H]1Cc1ccc(-c2nc(C)cn(C)c2=O)c2nccn12. The van der Waals surface area contributed by atoms with Crippen LogP contribution in [0.5, 0.6) is 0 Å². The fourth-order valence-electron chi connectivity index (χ4n) is 4.05. The molecule has 0 unspecified atom stereocenters. The molecule has 1 aliphatic heterocycles. The van der Waals surface area contributed by atoms with Crippen molar-refractivity contribution in [1.82, 2.24) is 18.9 Å². The summed E-state index contributed by atoms with van der Waals surface area (Å²) in [7, 11) is 4.96. The van der Waals surface area contributed by atoms with Crippen LogP contribution in [0.25, 0.3) is 16.9 Å². The molecule has 0 fully saturated rings. The van der Waals surface area contributed by atoms with Gasteiger partial charge in [-0.15, -0.1) is 0 Å². The summed E-state index contributed by atoms with van der Waals surface area (Å²) in [5.74, 6) is 1.43. The minimum atomic E-state index is -0.314. The van der Waals surface area contributed by atoms with Gasteiger partial charge in [0.05, 0.1) is 19.9 Å². The van der Waals surface area contributed by atoms with Crippen LogP contribution in [0, 0.1) is 12.8 Å². The molecule has 3 aromatic rings. The summed E-state index contributed by atoms with van der Waals surface area (Å²) >= 11 is 0. The van der Waals surface area contributed by atoms with E-state index in [9.17, 15) is 4.79 Å². The molecular formula is C23H28N6O3. The van der Waals surface area contributed by atoms with E-state index in [1.165, 1.54) is 0 Å². The summed E-state index contributed by atoms with van der Waals surface area (Å²) in [5, 5.41) is 0. The Morgan fingerprint density at radius 3 is 2.56 bits per heavy atom. The minimum absolute atomic E-state index is 0.162. The number of aliphatic imine (C=N–C) groups is 2. The third-order valence-corrected chi connectivity index (χ3v) is 5.62. The molecular weight excluding hydrogens is 408 g/mol. The quantitative estimate of drug-likeness (QED) is 0.626. The molecule has 0 spiro atoms.